The summed E-state index contributed by atoms with van der Waals surface area (Å²) in [5.74, 6) is 2.17. The van der Waals surface area contributed by atoms with E-state index in [9.17, 15) is 4.79 Å². The molecule has 0 aromatic heterocycles. The van der Waals surface area contributed by atoms with E-state index in [2.05, 4.69) is 5.32 Å². The third-order valence-corrected chi connectivity index (χ3v) is 3.58. The molecule has 0 aliphatic rings. The third kappa shape index (κ3) is 4.65. The molecule has 0 saturated heterocycles. The molecule has 0 aliphatic heterocycles. The van der Waals surface area contributed by atoms with Crippen molar-refractivity contribution in [2.24, 2.45) is 0 Å². The fourth-order valence-electron chi connectivity index (χ4n) is 2.44. The van der Waals surface area contributed by atoms with Gasteiger partial charge in [0, 0.05) is 17.7 Å². The van der Waals surface area contributed by atoms with Crippen LogP contribution in [0, 0.1) is 0 Å². The van der Waals surface area contributed by atoms with Gasteiger partial charge in [0.05, 0.1) is 20.8 Å². The molecule has 0 atom stereocenters. The molecule has 2 aromatic rings. The molecule has 0 bridgehead atoms. The van der Waals surface area contributed by atoms with Crippen molar-refractivity contribution in [3.63, 3.8) is 0 Å². The van der Waals surface area contributed by atoms with Gasteiger partial charge in [-0.2, -0.15) is 0 Å². The summed E-state index contributed by atoms with van der Waals surface area (Å²) in [7, 11) is 3.22. The van der Waals surface area contributed by atoms with Gasteiger partial charge in [-0.1, -0.05) is 6.07 Å². The number of methoxy groups -OCH3 is 2. The van der Waals surface area contributed by atoms with E-state index >= 15 is 0 Å². The smallest absolute Gasteiger partial charge is 0.224 e. The fourth-order valence-corrected chi connectivity index (χ4v) is 2.44. The van der Waals surface area contributed by atoms with Gasteiger partial charge in [0.25, 0.3) is 0 Å². The first-order chi connectivity index (χ1) is 11.7. The van der Waals surface area contributed by atoms with Gasteiger partial charge in [-0.3, -0.25) is 4.79 Å². The van der Waals surface area contributed by atoms with E-state index in [1.165, 1.54) is 0 Å². The highest BCUT2D eigenvalue weighted by atomic mass is 16.5. The number of nitrogens with one attached hydrogen (secondary N) is 1. The Morgan fingerprint density at radius 2 is 1.62 bits per heavy atom. The van der Waals surface area contributed by atoms with E-state index in [0.29, 0.717) is 19.4 Å². The molecule has 2 aromatic carbocycles. The van der Waals surface area contributed by atoms with Crippen LogP contribution in [0.25, 0.3) is 0 Å². The van der Waals surface area contributed by atoms with Crippen LogP contribution in [0.1, 0.15) is 18.9 Å². The quantitative estimate of drug-likeness (QED) is 0.803. The summed E-state index contributed by atoms with van der Waals surface area (Å²) in [6.45, 7) is 2.55. The molecule has 128 valence electrons. The van der Waals surface area contributed by atoms with E-state index in [1.54, 1.807) is 14.2 Å². The monoisotopic (exact) mass is 329 g/mol. The number of benzene rings is 2. The van der Waals surface area contributed by atoms with Gasteiger partial charge in [-0.15, -0.1) is 0 Å². The van der Waals surface area contributed by atoms with Gasteiger partial charge in [-0.05, 0) is 49.7 Å². The summed E-state index contributed by atoms with van der Waals surface area (Å²) in [6.07, 6.45) is 0.875. The lowest BCUT2D eigenvalue weighted by molar-refractivity contribution is -0.116. The molecule has 5 nitrogen and oxygen atoms in total. The number of anilines is 1. The third-order valence-electron chi connectivity index (χ3n) is 3.58. The van der Waals surface area contributed by atoms with Crippen molar-refractivity contribution >= 4 is 11.6 Å². The zero-order chi connectivity index (χ0) is 17.4. The van der Waals surface area contributed by atoms with Gasteiger partial charge < -0.3 is 19.5 Å². The standard InChI is InChI=1S/C19H23NO4/c1-4-24-15-10-8-14(9-11-15)20-19(21)13-12-16-17(22-2)6-5-7-18(16)23-3/h5-11H,4,12-13H2,1-3H3,(H,20,21). The lowest BCUT2D eigenvalue weighted by atomic mass is 10.1. The van der Waals surface area contributed by atoms with Crippen LogP contribution in [0.3, 0.4) is 0 Å². The first kappa shape index (κ1) is 17.7. The molecule has 1 amide bonds. The molecule has 2 rings (SSSR count). The number of amides is 1. The number of ether oxygens (including phenoxy) is 3. The predicted octanol–water partition coefficient (Wildman–Crippen LogP) is 3.67. The Hall–Kier alpha value is -2.69. The largest absolute Gasteiger partial charge is 0.496 e. The van der Waals surface area contributed by atoms with Crippen LogP contribution < -0.4 is 19.5 Å². The second kappa shape index (κ2) is 8.82. The number of rotatable bonds is 8. The van der Waals surface area contributed by atoms with Crippen molar-refractivity contribution in [2.75, 3.05) is 26.1 Å². The molecule has 0 unspecified atom stereocenters. The molecule has 1 N–H and O–H groups in total. The van der Waals surface area contributed by atoms with Gasteiger partial charge in [0.1, 0.15) is 17.2 Å². The number of hydrogen-bond acceptors (Lipinski definition) is 4. The van der Waals surface area contributed by atoms with E-state index in [4.69, 9.17) is 14.2 Å². The molecular weight excluding hydrogens is 306 g/mol. The average Bonchev–Trinajstić information content (AvgIpc) is 2.61. The molecule has 0 heterocycles. The van der Waals surface area contributed by atoms with Crippen LogP contribution in [0.4, 0.5) is 5.69 Å². The Balaban J connectivity index is 1.96. The van der Waals surface area contributed by atoms with Crippen LogP contribution >= 0.6 is 0 Å². The van der Waals surface area contributed by atoms with Crippen LogP contribution in [0.15, 0.2) is 42.5 Å². The SMILES string of the molecule is CCOc1ccc(NC(=O)CCc2c(OC)cccc2OC)cc1. The molecule has 0 fully saturated rings. The predicted molar refractivity (Wildman–Crippen MR) is 94.1 cm³/mol. The van der Waals surface area contributed by atoms with Crippen LogP contribution in [0.5, 0.6) is 17.2 Å². The van der Waals surface area contributed by atoms with E-state index in [0.717, 1.165) is 28.5 Å². The van der Waals surface area contributed by atoms with Gasteiger partial charge in [0.15, 0.2) is 0 Å². The van der Waals surface area contributed by atoms with Crippen LogP contribution in [-0.4, -0.2) is 26.7 Å². The Morgan fingerprint density at radius 1 is 1.00 bits per heavy atom. The number of carbonyl (C=O) groups is 1. The zero-order valence-corrected chi connectivity index (χ0v) is 14.3. The minimum atomic E-state index is -0.0629. The normalized spacial score (nSPS) is 10.1. The maximum atomic E-state index is 12.2. The van der Waals surface area contributed by atoms with Crippen molar-refractivity contribution in [1.82, 2.24) is 0 Å². The van der Waals surface area contributed by atoms with E-state index < -0.39 is 0 Å². The fraction of sp³-hybridized carbons (Fsp3) is 0.316. The summed E-state index contributed by atoms with van der Waals surface area (Å²) in [5.41, 5.74) is 1.64. The molecule has 5 heteroatoms. The zero-order valence-electron chi connectivity index (χ0n) is 14.3. The Labute approximate surface area is 142 Å². The summed E-state index contributed by atoms with van der Waals surface area (Å²) in [4.78, 5) is 12.2. The van der Waals surface area contributed by atoms with E-state index in [1.807, 2.05) is 49.4 Å². The molecular formula is C19H23NO4. The minimum absolute atomic E-state index is 0.0629. The Bertz CT molecular complexity index is 645. The molecule has 0 radical (unpaired) electrons. The van der Waals surface area contributed by atoms with Crippen LogP contribution in [0.2, 0.25) is 0 Å². The highest BCUT2D eigenvalue weighted by Crippen LogP contribution is 2.29. The van der Waals surface area contributed by atoms with Gasteiger partial charge >= 0.3 is 0 Å². The second-order valence-corrected chi connectivity index (χ2v) is 5.15. The van der Waals surface area contributed by atoms with Crippen molar-refractivity contribution in [2.45, 2.75) is 19.8 Å². The maximum absolute atomic E-state index is 12.2. The highest BCUT2D eigenvalue weighted by Gasteiger charge is 2.12. The topological polar surface area (TPSA) is 56.8 Å². The molecule has 0 spiro atoms. The first-order valence-electron chi connectivity index (χ1n) is 7.90. The van der Waals surface area contributed by atoms with Crippen molar-refractivity contribution in [3.05, 3.63) is 48.0 Å². The van der Waals surface area contributed by atoms with E-state index in [-0.39, 0.29) is 5.91 Å². The summed E-state index contributed by atoms with van der Waals surface area (Å²) < 4.78 is 16.1. The summed E-state index contributed by atoms with van der Waals surface area (Å²) in [6, 6.07) is 12.9. The second-order valence-electron chi connectivity index (χ2n) is 5.15. The molecule has 24 heavy (non-hydrogen) atoms. The van der Waals surface area contributed by atoms with Gasteiger partial charge in [0.2, 0.25) is 5.91 Å². The first-order valence-corrected chi connectivity index (χ1v) is 7.90. The molecule has 0 saturated carbocycles. The number of hydrogen-bond donors (Lipinski definition) is 1. The average molecular weight is 329 g/mol. The lowest BCUT2D eigenvalue weighted by Crippen LogP contribution is -2.12. The van der Waals surface area contributed by atoms with Crippen molar-refractivity contribution < 1.29 is 19.0 Å². The van der Waals surface area contributed by atoms with Crippen molar-refractivity contribution in [3.8, 4) is 17.2 Å². The van der Waals surface area contributed by atoms with Gasteiger partial charge in [-0.25, -0.2) is 0 Å². The minimum Gasteiger partial charge on any atom is -0.496 e. The molecule has 0 aliphatic carbocycles. The van der Waals surface area contributed by atoms with Crippen molar-refractivity contribution in [1.29, 1.82) is 0 Å². The Morgan fingerprint density at radius 3 is 2.17 bits per heavy atom. The maximum Gasteiger partial charge on any atom is 0.224 e. The highest BCUT2D eigenvalue weighted by molar-refractivity contribution is 5.91. The Kier molecular flexibility index (Phi) is 6.49. The summed E-state index contributed by atoms with van der Waals surface area (Å²) in [5, 5.41) is 2.88. The van der Waals surface area contributed by atoms with Crippen LogP contribution in [-0.2, 0) is 11.2 Å². The number of carbonyl (C=O) groups excluding carboxylic acids is 1. The summed E-state index contributed by atoms with van der Waals surface area (Å²) >= 11 is 0. The lowest BCUT2D eigenvalue weighted by Gasteiger charge is -2.13.